The second-order valence-corrected chi connectivity index (χ2v) is 16.1. The molecule has 5 amide bonds. The van der Waals surface area contributed by atoms with Crippen LogP contribution in [0, 0.1) is 22.7 Å². The van der Waals surface area contributed by atoms with Gasteiger partial charge in [-0.05, 0) is 48.3 Å². The van der Waals surface area contributed by atoms with Crippen LogP contribution >= 0.6 is 0 Å². The molecule has 0 spiro atoms. The van der Waals surface area contributed by atoms with Crippen LogP contribution in [-0.4, -0.2) is 94.3 Å². The number of carbonyl (C=O) groups excluding carboxylic acids is 6. The number of ether oxygens (including phenoxy) is 4. The van der Waals surface area contributed by atoms with Crippen molar-refractivity contribution >= 4 is 41.2 Å². The molecule has 0 radical (unpaired) electrons. The smallest absolute Gasteiger partial charge is 0.407 e. The Morgan fingerprint density at radius 1 is 0.764 bits per heavy atom. The standard InChI is InChI=1S/C40H67N5O10/c1-28(2)35(45-34(48)16-21-52-20-15-33(47)40(6,7)8)32(46)26-30(10-9-18-42-37(41)50)36(49)44-31-13-11-29(12-14-31)27-55-38(51)43-19-23-54-25-24-53-22-17-39(3,4)5/h11-14,28,30,35H,9-10,15-27H2,1-8H3,(H,43,51)(H,44,49)(H,45,48)(H3,41,42,50)/t30-,35+/m0/s1. The number of benzene rings is 1. The molecule has 1 rings (SSSR count). The molecule has 0 saturated heterocycles. The van der Waals surface area contributed by atoms with Crippen molar-refractivity contribution in [2.24, 2.45) is 28.4 Å². The molecule has 0 fully saturated rings. The van der Waals surface area contributed by atoms with Crippen molar-refractivity contribution in [2.45, 2.75) is 107 Å². The van der Waals surface area contributed by atoms with Crippen molar-refractivity contribution in [2.75, 3.05) is 58.0 Å². The minimum absolute atomic E-state index is 0.0117. The van der Waals surface area contributed by atoms with E-state index in [2.05, 4.69) is 42.0 Å². The molecule has 0 aliphatic rings. The van der Waals surface area contributed by atoms with Gasteiger partial charge in [0.15, 0.2) is 5.78 Å². The first kappa shape index (κ1) is 48.9. The quantitative estimate of drug-likeness (QED) is 0.0763. The molecule has 1 aromatic rings. The molecule has 0 aromatic heterocycles. The Morgan fingerprint density at radius 2 is 1.38 bits per heavy atom. The summed E-state index contributed by atoms with van der Waals surface area (Å²) in [7, 11) is 0. The van der Waals surface area contributed by atoms with Crippen LogP contribution in [-0.2, 0) is 44.7 Å². The molecule has 1 aromatic carbocycles. The Morgan fingerprint density at radius 3 is 1.98 bits per heavy atom. The molecule has 6 N–H and O–H groups in total. The van der Waals surface area contributed by atoms with Gasteiger partial charge in [0.25, 0.3) is 0 Å². The lowest BCUT2D eigenvalue weighted by Gasteiger charge is -2.24. The zero-order valence-electron chi connectivity index (χ0n) is 34.3. The predicted molar refractivity (Wildman–Crippen MR) is 210 cm³/mol. The first-order chi connectivity index (χ1) is 25.8. The summed E-state index contributed by atoms with van der Waals surface area (Å²) in [6, 6.07) is 5.22. The molecular formula is C40H67N5O10. The van der Waals surface area contributed by atoms with Crippen LogP contribution in [0.25, 0.3) is 0 Å². The van der Waals surface area contributed by atoms with Crippen molar-refractivity contribution in [1.29, 1.82) is 0 Å². The summed E-state index contributed by atoms with van der Waals surface area (Å²) in [5.74, 6) is -2.03. The Kier molecular flexibility index (Phi) is 23.0. The van der Waals surface area contributed by atoms with E-state index in [9.17, 15) is 28.8 Å². The van der Waals surface area contributed by atoms with Crippen molar-refractivity contribution in [3.63, 3.8) is 0 Å². The fraction of sp³-hybridized carbons (Fsp3) is 0.700. The molecule has 2 atom stereocenters. The molecule has 15 heteroatoms. The minimum atomic E-state index is -0.832. The number of anilines is 1. The highest BCUT2D eigenvalue weighted by molar-refractivity contribution is 5.97. The lowest BCUT2D eigenvalue weighted by molar-refractivity contribution is -0.131. The third kappa shape index (κ3) is 24.1. The van der Waals surface area contributed by atoms with Crippen LogP contribution in [0.4, 0.5) is 15.3 Å². The van der Waals surface area contributed by atoms with Gasteiger partial charge in [-0.25, -0.2) is 9.59 Å². The summed E-state index contributed by atoms with van der Waals surface area (Å²) in [6.07, 6.45) is 1.15. The predicted octanol–water partition coefficient (Wildman–Crippen LogP) is 4.90. The zero-order chi connectivity index (χ0) is 41.4. The summed E-state index contributed by atoms with van der Waals surface area (Å²) in [5, 5.41) is 10.7. The van der Waals surface area contributed by atoms with Gasteiger partial charge in [0.2, 0.25) is 11.8 Å². The number of nitrogens with two attached hydrogens (primary N) is 1. The second kappa shape index (κ2) is 25.9. The Hall–Kier alpha value is -4.08. The number of carbonyl (C=O) groups is 6. The normalized spacial score (nSPS) is 12.7. The molecule has 0 aliphatic heterocycles. The van der Waals surface area contributed by atoms with E-state index >= 15 is 0 Å². The highest BCUT2D eigenvalue weighted by Crippen LogP contribution is 2.20. The molecule has 0 heterocycles. The van der Waals surface area contributed by atoms with Gasteiger partial charge in [-0.3, -0.25) is 19.2 Å². The fourth-order valence-electron chi connectivity index (χ4n) is 4.98. The first-order valence-corrected chi connectivity index (χ1v) is 19.2. The molecule has 0 aliphatic carbocycles. The van der Waals surface area contributed by atoms with Crippen LogP contribution in [0.5, 0.6) is 0 Å². The summed E-state index contributed by atoms with van der Waals surface area (Å²) >= 11 is 0. The topological polar surface area (TPSA) is 213 Å². The van der Waals surface area contributed by atoms with Crippen LogP contribution in [0.2, 0.25) is 0 Å². The van der Waals surface area contributed by atoms with Crippen LogP contribution in [0.15, 0.2) is 24.3 Å². The number of primary amides is 1. The van der Waals surface area contributed by atoms with Crippen molar-refractivity contribution in [3.05, 3.63) is 29.8 Å². The monoisotopic (exact) mass is 777 g/mol. The Balaban J connectivity index is 2.63. The van der Waals surface area contributed by atoms with Crippen molar-refractivity contribution in [1.82, 2.24) is 16.0 Å². The number of amides is 5. The van der Waals surface area contributed by atoms with Crippen LogP contribution in [0.1, 0.15) is 99.5 Å². The Bertz CT molecular complexity index is 1340. The highest BCUT2D eigenvalue weighted by atomic mass is 16.5. The summed E-state index contributed by atoms with van der Waals surface area (Å²) in [4.78, 5) is 75.0. The van der Waals surface area contributed by atoms with Gasteiger partial charge in [-0.2, -0.15) is 0 Å². The van der Waals surface area contributed by atoms with Gasteiger partial charge in [0.05, 0.1) is 39.1 Å². The van der Waals surface area contributed by atoms with E-state index in [4.69, 9.17) is 24.7 Å². The maximum Gasteiger partial charge on any atom is 0.407 e. The summed E-state index contributed by atoms with van der Waals surface area (Å²) in [6.45, 7) is 18.4. The second-order valence-electron chi connectivity index (χ2n) is 16.1. The number of hydrogen-bond donors (Lipinski definition) is 5. The number of rotatable bonds is 27. The average molecular weight is 778 g/mol. The molecule has 0 saturated carbocycles. The summed E-state index contributed by atoms with van der Waals surface area (Å²) in [5.41, 5.74) is 6.11. The number of alkyl carbamates (subject to hydrolysis) is 1. The van der Waals surface area contributed by atoms with E-state index in [0.29, 0.717) is 44.1 Å². The Labute approximate surface area is 327 Å². The molecular weight excluding hydrogens is 710 g/mol. The van der Waals surface area contributed by atoms with Gasteiger partial charge in [0.1, 0.15) is 12.4 Å². The SMILES string of the molecule is CC(C)[C@@H](NC(=O)CCOCCC(=O)C(C)(C)C)C(=O)C[C@H](CCCNC(N)=O)C(=O)Nc1ccc(COC(=O)NCCOCCOCCC(C)(C)C)cc1. The number of nitrogens with one attached hydrogen (secondary N) is 4. The number of Topliss-reactive ketones (excluding diaryl/α,β-unsaturated/α-hetero) is 2. The number of hydrogen-bond acceptors (Lipinski definition) is 10. The van der Waals surface area contributed by atoms with Gasteiger partial charge in [-0.15, -0.1) is 0 Å². The molecule has 312 valence electrons. The maximum atomic E-state index is 13.5. The lowest BCUT2D eigenvalue weighted by atomic mass is 9.89. The minimum Gasteiger partial charge on any atom is -0.445 e. The van der Waals surface area contributed by atoms with E-state index in [1.165, 1.54) is 0 Å². The van der Waals surface area contributed by atoms with Crippen LogP contribution in [0.3, 0.4) is 0 Å². The third-order valence-corrected chi connectivity index (χ3v) is 8.44. The number of urea groups is 1. The van der Waals surface area contributed by atoms with Gasteiger partial charge in [0, 0.05) is 56.0 Å². The molecule has 0 unspecified atom stereocenters. The number of ketones is 2. The zero-order valence-corrected chi connectivity index (χ0v) is 34.3. The fourth-order valence-corrected chi connectivity index (χ4v) is 4.98. The van der Waals surface area contributed by atoms with E-state index in [0.717, 1.165) is 6.42 Å². The third-order valence-electron chi connectivity index (χ3n) is 8.44. The van der Waals surface area contributed by atoms with Crippen molar-refractivity contribution in [3.8, 4) is 0 Å². The van der Waals surface area contributed by atoms with E-state index in [-0.39, 0.29) is 87.4 Å². The maximum absolute atomic E-state index is 13.5. The average Bonchev–Trinajstić information content (AvgIpc) is 3.09. The van der Waals surface area contributed by atoms with E-state index < -0.39 is 35.4 Å². The first-order valence-electron chi connectivity index (χ1n) is 19.2. The van der Waals surface area contributed by atoms with Crippen LogP contribution < -0.4 is 27.0 Å². The highest BCUT2D eigenvalue weighted by Gasteiger charge is 2.29. The van der Waals surface area contributed by atoms with E-state index in [1.807, 2.05) is 20.8 Å². The molecule has 55 heavy (non-hydrogen) atoms. The van der Waals surface area contributed by atoms with Gasteiger partial charge >= 0.3 is 12.1 Å². The largest absolute Gasteiger partial charge is 0.445 e. The van der Waals surface area contributed by atoms with Gasteiger partial charge < -0.3 is 45.9 Å². The lowest BCUT2D eigenvalue weighted by Crippen LogP contribution is -2.45. The van der Waals surface area contributed by atoms with Gasteiger partial charge in [-0.1, -0.05) is 67.5 Å². The van der Waals surface area contributed by atoms with E-state index in [1.54, 1.807) is 38.1 Å². The molecule has 15 nitrogen and oxygen atoms in total. The molecule has 0 bridgehead atoms. The summed E-state index contributed by atoms with van der Waals surface area (Å²) < 4.78 is 21.8. The van der Waals surface area contributed by atoms with Crippen molar-refractivity contribution < 1.29 is 47.7 Å².